The SMILES string of the molecule is CC12CC3CC(C)(C1)CC(C(=O)NCC(N)=S)(C3)C2. The second kappa shape index (κ2) is 3.94. The van der Waals surface area contributed by atoms with Crippen molar-refractivity contribution in [3.8, 4) is 0 Å². The van der Waals surface area contributed by atoms with E-state index in [2.05, 4.69) is 19.2 Å². The summed E-state index contributed by atoms with van der Waals surface area (Å²) in [5.41, 5.74) is 6.10. The Morgan fingerprint density at radius 1 is 1.21 bits per heavy atom. The molecule has 4 aliphatic rings. The van der Waals surface area contributed by atoms with Gasteiger partial charge in [-0.15, -0.1) is 0 Å². The zero-order valence-electron chi connectivity index (χ0n) is 11.9. The Kier molecular flexibility index (Phi) is 2.76. The lowest BCUT2D eigenvalue weighted by molar-refractivity contribution is -0.169. The van der Waals surface area contributed by atoms with Crippen LogP contribution in [-0.2, 0) is 4.79 Å². The first kappa shape index (κ1) is 13.3. The van der Waals surface area contributed by atoms with E-state index >= 15 is 0 Å². The minimum absolute atomic E-state index is 0.145. The van der Waals surface area contributed by atoms with Gasteiger partial charge in [-0.25, -0.2) is 0 Å². The highest BCUT2D eigenvalue weighted by atomic mass is 32.1. The fourth-order valence-electron chi connectivity index (χ4n) is 6.06. The predicted octanol–water partition coefficient (Wildman–Crippen LogP) is 2.39. The number of thiocarbonyl (C=S) groups is 1. The Hall–Kier alpha value is -0.640. The van der Waals surface area contributed by atoms with Gasteiger partial charge in [0, 0.05) is 0 Å². The molecule has 0 aromatic heterocycles. The average Bonchev–Trinajstić information content (AvgIpc) is 2.20. The van der Waals surface area contributed by atoms with Crippen LogP contribution in [0.3, 0.4) is 0 Å². The number of nitrogens with one attached hydrogen (secondary N) is 1. The van der Waals surface area contributed by atoms with E-state index in [4.69, 9.17) is 18.0 Å². The van der Waals surface area contributed by atoms with Gasteiger partial charge in [-0.05, 0) is 55.3 Å². The predicted molar refractivity (Wildman–Crippen MR) is 79.6 cm³/mol. The van der Waals surface area contributed by atoms with E-state index in [1.807, 2.05) is 0 Å². The van der Waals surface area contributed by atoms with Crippen molar-refractivity contribution < 1.29 is 4.79 Å². The van der Waals surface area contributed by atoms with E-state index in [-0.39, 0.29) is 11.3 Å². The summed E-state index contributed by atoms with van der Waals surface area (Å²) in [7, 11) is 0. The zero-order valence-corrected chi connectivity index (χ0v) is 12.7. The highest BCUT2D eigenvalue weighted by molar-refractivity contribution is 7.80. The van der Waals surface area contributed by atoms with E-state index in [1.54, 1.807) is 0 Å². The van der Waals surface area contributed by atoms with Crippen LogP contribution in [0.1, 0.15) is 52.4 Å². The van der Waals surface area contributed by atoms with E-state index in [9.17, 15) is 4.79 Å². The van der Waals surface area contributed by atoms with E-state index < -0.39 is 0 Å². The van der Waals surface area contributed by atoms with Crippen LogP contribution in [0.25, 0.3) is 0 Å². The summed E-state index contributed by atoms with van der Waals surface area (Å²) >= 11 is 4.86. The van der Waals surface area contributed by atoms with Gasteiger partial charge in [0.15, 0.2) is 0 Å². The molecule has 0 aromatic rings. The summed E-state index contributed by atoms with van der Waals surface area (Å²) in [6.45, 7) is 5.10. The van der Waals surface area contributed by atoms with Gasteiger partial charge in [0.2, 0.25) is 5.91 Å². The first-order valence-corrected chi connectivity index (χ1v) is 7.72. The lowest BCUT2D eigenvalue weighted by Gasteiger charge is -2.64. The maximum absolute atomic E-state index is 12.7. The van der Waals surface area contributed by atoms with Crippen LogP contribution in [0.4, 0.5) is 0 Å². The molecule has 19 heavy (non-hydrogen) atoms. The molecule has 106 valence electrons. The van der Waals surface area contributed by atoms with Gasteiger partial charge in [0.25, 0.3) is 0 Å². The quantitative estimate of drug-likeness (QED) is 0.780. The molecule has 3 nitrogen and oxygen atoms in total. The number of nitrogens with two attached hydrogens (primary N) is 1. The fraction of sp³-hybridized carbons (Fsp3) is 0.867. The van der Waals surface area contributed by atoms with Crippen molar-refractivity contribution in [1.82, 2.24) is 5.32 Å². The van der Waals surface area contributed by atoms with Crippen LogP contribution in [0.5, 0.6) is 0 Å². The van der Waals surface area contributed by atoms with Crippen molar-refractivity contribution in [3.63, 3.8) is 0 Å². The van der Waals surface area contributed by atoms with Crippen molar-refractivity contribution >= 4 is 23.1 Å². The van der Waals surface area contributed by atoms with Gasteiger partial charge in [0.05, 0.1) is 16.9 Å². The number of carbonyl (C=O) groups is 1. The fourth-order valence-corrected chi connectivity index (χ4v) is 6.13. The second-order valence-electron chi connectivity index (χ2n) is 8.06. The van der Waals surface area contributed by atoms with Gasteiger partial charge in [-0.3, -0.25) is 4.79 Å². The number of rotatable bonds is 3. The molecule has 0 radical (unpaired) electrons. The standard InChI is InChI=1S/C15H24N2OS/c1-13-3-10-4-14(2,7-13)9-15(5-10,8-13)12(18)17-6-11(16)19/h10H,3-9H2,1-2H3,(H2,16,19)(H,17,18). The molecule has 4 bridgehead atoms. The molecule has 0 aliphatic heterocycles. The van der Waals surface area contributed by atoms with Crippen LogP contribution < -0.4 is 11.1 Å². The van der Waals surface area contributed by atoms with Crippen LogP contribution >= 0.6 is 12.2 Å². The summed E-state index contributed by atoms with van der Waals surface area (Å²) in [6, 6.07) is 0. The van der Waals surface area contributed by atoms with Crippen molar-refractivity contribution in [2.45, 2.75) is 52.4 Å². The topological polar surface area (TPSA) is 55.1 Å². The lowest BCUT2D eigenvalue weighted by atomic mass is 9.40. The molecule has 0 saturated heterocycles. The first-order chi connectivity index (χ1) is 8.74. The smallest absolute Gasteiger partial charge is 0.226 e. The molecule has 4 heteroatoms. The molecule has 4 rings (SSSR count). The molecule has 0 aromatic carbocycles. The molecule has 4 aliphatic carbocycles. The van der Waals surface area contributed by atoms with Crippen LogP contribution in [0.2, 0.25) is 0 Å². The van der Waals surface area contributed by atoms with Gasteiger partial charge < -0.3 is 11.1 Å². The number of amides is 1. The molecule has 3 N–H and O–H groups in total. The van der Waals surface area contributed by atoms with E-state index in [0.29, 0.717) is 22.4 Å². The molecule has 1 amide bonds. The largest absolute Gasteiger partial charge is 0.392 e. The Morgan fingerprint density at radius 3 is 2.26 bits per heavy atom. The molecule has 2 unspecified atom stereocenters. The summed E-state index contributed by atoms with van der Waals surface area (Å²) in [4.78, 5) is 13.0. The highest BCUT2D eigenvalue weighted by Gasteiger charge is 2.62. The molecule has 2 atom stereocenters. The lowest BCUT2D eigenvalue weighted by Crippen LogP contribution is -2.60. The summed E-state index contributed by atoms with van der Waals surface area (Å²) in [5, 5.41) is 2.97. The van der Waals surface area contributed by atoms with Crippen LogP contribution in [0, 0.1) is 22.2 Å². The third-order valence-electron chi connectivity index (χ3n) is 5.53. The Balaban J connectivity index is 1.84. The van der Waals surface area contributed by atoms with Crippen molar-refractivity contribution in [1.29, 1.82) is 0 Å². The Labute approximate surface area is 120 Å². The summed E-state index contributed by atoms with van der Waals surface area (Å²) < 4.78 is 0. The number of hydrogen-bond donors (Lipinski definition) is 2. The molecular weight excluding hydrogens is 256 g/mol. The highest BCUT2D eigenvalue weighted by Crippen LogP contribution is 2.69. The van der Waals surface area contributed by atoms with Crippen molar-refractivity contribution in [2.24, 2.45) is 27.9 Å². The monoisotopic (exact) mass is 280 g/mol. The maximum atomic E-state index is 12.7. The van der Waals surface area contributed by atoms with Crippen LogP contribution in [-0.4, -0.2) is 17.4 Å². The molecule has 4 saturated carbocycles. The Morgan fingerprint density at radius 2 is 1.79 bits per heavy atom. The van der Waals surface area contributed by atoms with Gasteiger partial charge in [-0.2, -0.15) is 0 Å². The average molecular weight is 280 g/mol. The van der Waals surface area contributed by atoms with Gasteiger partial charge in [0.1, 0.15) is 0 Å². The minimum Gasteiger partial charge on any atom is -0.392 e. The zero-order chi connectivity index (χ0) is 13.9. The van der Waals surface area contributed by atoms with Crippen molar-refractivity contribution in [2.75, 3.05) is 6.54 Å². The minimum atomic E-state index is -0.145. The normalized spacial score (nSPS) is 47.2. The third-order valence-corrected chi connectivity index (χ3v) is 5.68. The van der Waals surface area contributed by atoms with Gasteiger partial charge in [-0.1, -0.05) is 26.1 Å². The summed E-state index contributed by atoms with van der Waals surface area (Å²) in [6.07, 6.45) is 7.09. The molecule has 4 fully saturated rings. The molecule has 0 heterocycles. The third kappa shape index (κ3) is 2.18. The maximum Gasteiger partial charge on any atom is 0.226 e. The van der Waals surface area contributed by atoms with E-state index in [0.717, 1.165) is 25.2 Å². The summed E-state index contributed by atoms with van der Waals surface area (Å²) in [5.74, 6) is 0.934. The Bertz CT molecular complexity index is 429. The first-order valence-electron chi connectivity index (χ1n) is 7.31. The van der Waals surface area contributed by atoms with E-state index in [1.165, 1.54) is 19.3 Å². The number of hydrogen-bond acceptors (Lipinski definition) is 2. The number of carbonyl (C=O) groups excluding carboxylic acids is 1. The van der Waals surface area contributed by atoms with Crippen molar-refractivity contribution in [3.05, 3.63) is 0 Å². The molecule has 0 spiro atoms. The van der Waals surface area contributed by atoms with Gasteiger partial charge >= 0.3 is 0 Å². The molecular formula is C15H24N2OS. The van der Waals surface area contributed by atoms with Crippen LogP contribution in [0.15, 0.2) is 0 Å². The second-order valence-corrected chi connectivity index (χ2v) is 8.58.